The molecule has 0 radical (unpaired) electrons. The van der Waals surface area contributed by atoms with Gasteiger partial charge in [0.25, 0.3) is 21.8 Å². The molecular weight excluding hydrogens is 418 g/mol. The topological polar surface area (TPSA) is 114 Å². The molecule has 0 unspecified atom stereocenters. The molecule has 0 aliphatic carbocycles. The molecule has 3 aromatic rings. The molecule has 0 aromatic heterocycles. The molecule has 3 aromatic carbocycles. The van der Waals surface area contributed by atoms with Gasteiger partial charge in [0.15, 0.2) is 0 Å². The molecule has 2 amide bonds. The number of rotatable bonds is 7. The number of amides is 2. The van der Waals surface area contributed by atoms with Crippen LogP contribution in [0.15, 0.2) is 77.7 Å². The molecule has 0 atom stereocenters. The lowest BCUT2D eigenvalue weighted by Gasteiger charge is -2.13. The van der Waals surface area contributed by atoms with E-state index >= 15 is 0 Å². The van der Waals surface area contributed by atoms with Gasteiger partial charge < -0.3 is 15.4 Å². The summed E-state index contributed by atoms with van der Waals surface area (Å²) in [6.45, 7) is 0. The number of anilines is 2. The summed E-state index contributed by atoms with van der Waals surface area (Å²) in [5.41, 5.74) is 1.00. The van der Waals surface area contributed by atoms with E-state index in [1.54, 1.807) is 48.5 Å². The Balaban J connectivity index is 1.86. The summed E-state index contributed by atoms with van der Waals surface area (Å²) in [5, 5.41) is 5.16. The fourth-order valence-corrected chi connectivity index (χ4v) is 3.97. The quantitative estimate of drug-likeness (QED) is 0.524. The smallest absolute Gasteiger partial charge is 0.262 e. The highest BCUT2D eigenvalue weighted by atomic mass is 32.2. The first kappa shape index (κ1) is 21.8. The summed E-state index contributed by atoms with van der Waals surface area (Å²) in [4.78, 5) is 24.6. The molecule has 0 aliphatic rings. The van der Waals surface area contributed by atoms with Gasteiger partial charge in [0.1, 0.15) is 5.75 Å². The van der Waals surface area contributed by atoms with Crippen LogP contribution in [0.1, 0.15) is 20.7 Å². The number of methoxy groups -OCH3 is 1. The van der Waals surface area contributed by atoms with Gasteiger partial charge in [0, 0.05) is 12.6 Å². The number of hydrogen-bond donors (Lipinski definition) is 3. The number of benzene rings is 3. The molecule has 0 spiro atoms. The van der Waals surface area contributed by atoms with E-state index in [0.29, 0.717) is 17.0 Å². The summed E-state index contributed by atoms with van der Waals surface area (Å²) >= 11 is 0. The van der Waals surface area contributed by atoms with E-state index < -0.39 is 15.9 Å². The molecule has 0 fully saturated rings. The van der Waals surface area contributed by atoms with Crippen molar-refractivity contribution in [2.75, 3.05) is 24.2 Å². The summed E-state index contributed by atoms with van der Waals surface area (Å²) in [7, 11) is -1.05. The van der Waals surface area contributed by atoms with Crippen LogP contribution >= 0.6 is 0 Å². The lowest BCUT2D eigenvalue weighted by atomic mass is 10.1. The van der Waals surface area contributed by atoms with Gasteiger partial charge >= 0.3 is 0 Å². The first-order chi connectivity index (χ1) is 14.9. The maximum absolute atomic E-state index is 12.8. The van der Waals surface area contributed by atoms with E-state index in [1.807, 2.05) is 0 Å². The van der Waals surface area contributed by atoms with Gasteiger partial charge in [-0.3, -0.25) is 14.3 Å². The zero-order valence-corrected chi connectivity index (χ0v) is 17.7. The van der Waals surface area contributed by atoms with E-state index in [-0.39, 0.29) is 22.1 Å². The third-order valence-electron chi connectivity index (χ3n) is 4.40. The molecule has 8 nitrogen and oxygen atoms in total. The highest BCUT2D eigenvalue weighted by molar-refractivity contribution is 7.92. The molecule has 0 aliphatic heterocycles. The fraction of sp³-hybridized carbons (Fsp3) is 0.0909. The average Bonchev–Trinajstić information content (AvgIpc) is 2.79. The molecule has 0 saturated heterocycles. The van der Waals surface area contributed by atoms with Gasteiger partial charge in [-0.1, -0.05) is 30.3 Å². The monoisotopic (exact) mass is 439 g/mol. The van der Waals surface area contributed by atoms with Crippen LogP contribution in [0.5, 0.6) is 5.75 Å². The second kappa shape index (κ2) is 9.31. The second-order valence-corrected chi connectivity index (χ2v) is 8.09. The Morgan fingerprint density at radius 2 is 1.52 bits per heavy atom. The van der Waals surface area contributed by atoms with Gasteiger partial charge in [-0.15, -0.1) is 0 Å². The van der Waals surface area contributed by atoms with Crippen molar-refractivity contribution in [2.24, 2.45) is 0 Å². The largest absolute Gasteiger partial charge is 0.495 e. The van der Waals surface area contributed by atoms with Crippen LogP contribution in [-0.4, -0.2) is 34.4 Å². The van der Waals surface area contributed by atoms with Crippen molar-refractivity contribution in [3.05, 3.63) is 83.9 Å². The molecular formula is C22H21N3O5S. The SMILES string of the molecule is CNC(=O)c1ccccc1NC(=O)c1cccc(S(=O)(=O)Nc2ccccc2OC)c1. The Hall–Kier alpha value is -3.85. The van der Waals surface area contributed by atoms with Gasteiger partial charge in [-0.2, -0.15) is 0 Å². The summed E-state index contributed by atoms with van der Waals surface area (Å²) in [6.07, 6.45) is 0. The number of carbonyl (C=O) groups is 2. The summed E-state index contributed by atoms with van der Waals surface area (Å²) in [5.74, 6) is -0.537. The molecule has 0 bridgehead atoms. The van der Waals surface area contributed by atoms with E-state index in [0.717, 1.165) is 0 Å². The van der Waals surface area contributed by atoms with Crippen LogP contribution < -0.4 is 20.1 Å². The van der Waals surface area contributed by atoms with E-state index in [9.17, 15) is 18.0 Å². The number of para-hydroxylation sites is 3. The minimum Gasteiger partial charge on any atom is -0.495 e. The highest BCUT2D eigenvalue weighted by Crippen LogP contribution is 2.26. The fourth-order valence-electron chi connectivity index (χ4n) is 2.86. The minimum atomic E-state index is -3.97. The zero-order valence-electron chi connectivity index (χ0n) is 16.9. The number of hydrogen-bond acceptors (Lipinski definition) is 5. The zero-order chi connectivity index (χ0) is 22.4. The third kappa shape index (κ3) is 5.01. The standard InChI is InChI=1S/C22H21N3O5S/c1-23-22(27)17-10-3-4-11-18(17)24-21(26)15-8-7-9-16(14-15)31(28,29)25-19-12-5-6-13-20(19)30-2/h3-14,25H,1-2H3,(H,23,27)(H,24,26). The highest BCUT2D eigenvalue weighted by Gasteiger charge is 2.19. The third-order valence-corrected chi connectivity index (χ3v) is 5.77. The molecule has 31 heavy (non-hydrogen) atoms. The van der Waals surface area contributed by atoms with Crippen LogP contribution in [0.3, 0.4) is 0 Å². The lowest BCUT2D eigenvalue weighted by molar-refractivity contribution is 0.0964. The van der Waals surface area contributed by atoms with Crippen molar-refractivity contribution in [1.82, 2.24) is 5.32 Å². The van der Waals surface area contributed by atoms with E-state index in [2.05, 4.69) is 15.4 Å². The molecule has 3 N–H and O–H groups in total. The van der Waals surface area contributed by atoms with Gasteiger partial charge in [0.05, 0.1) is 28.9 Å². The number of carbonyl (C=O) groups excluding carboxylic acids is 2. The Bertz CT molecular complexity index is 1230. The van der Waals surface area contributed by atoms with Crippen LogP contribution in [0.4, 0.5) is 11.4 Å². The van der Waals surface area contributed by atoms with Crippen LogP contribution in [0, 0.1) is 0 Å². The normalized spacial score (nSPS) is 10.8. The van der Waals surface area contributed by atoms with Crippen LogP contribution in [0.2, 0.25) is 0 Å². The Labute approximate surface area is 180 Å². The molecule has 0 saturated carbocycles. The maximum atomic E-state index is 12.8. The van der Waals surface area contributed by atoms with Gasteiger partial charge in [0.2, 0.25) is 0 Å². The van der Waals surface area contributed by atoms with E-state index in [1.165, 1.54) is 38.4 Å². The summed E-state index contributed by atoms with van der Waals surface area (Å²) < 4.78 is 33.3. The number of nitrogens with one attached hydrogen (secondary N) is 3. The van der Waals surface area contributed by atoms with Crippen molar-refractivity contribution >= 4 is 33.2 Å². The molecule has 160 valence electrons. The minimum absolute atomic E-state index is 0.0920. The van der Waals surface area contributed by atoms with Crippen molar-refractivity contribution in [3.63, 3.8) is 0 Å². The number of sulfonamides is 1. The van der Waals surface area contributed by atoms with E-state index in [4.69, 9.17) is 4.74 Å². The van der Waals surface area contributed by atoms with Crippen molar-refractivity contribution in [2.45, 2.75) is 4.90 Å². The van der Waals surface area contributed by atoms with Crippen molar-refractivity contribution in [3.8, 4) is 5.75 Å². The average molecular weight is 439 g/mol. The first-order valence-electron chi connectivity index (χ1n) is 9.24. The first-order valence-corrected chi connectivity index (χ1v) is 10.7. The molecule has 3 rings (SSSR count). The van der Waals surface area contributed by atoms with Gasteiger partial charge in [-0.05, 0) is 42.5 Å². The van der Waals surface area contributed by atoms with Crippen molar-refractivity contribution in [1.29, 1.82) is 0 Å². The predicted octanol–water partition coefficient (Wildman–Crippen LogP) is 3.11. The molecule has 9 heteroatoms. The Morgan fingerprint density at radius 1 is 0.839 bits per heavy atom. The summed E-state index contributed by atoms with van der Waals surface area (Å²) in [6, 6.07) is 18.7. The number of ether oxygens (including phenoxy) is 1. The maximum Gasteiger partial charge on any atom is 0.262 e. The second-order valence-electron chi connectivity index (χ2n) is 6.41. The van der Waals surface area contributed by atoms with Crippen molar-refractivity contribution < 1.29 is 22.7 Å². The van der Waals surface area contributed by atoms with Gasteiger partial charge in [-0.25, -0.2) is 8.42 Å². The molecule has 0 heterocycles. The predicted molar refractivity (Wildman–Crippen MR) is 118 cm³/mol. The Kier molecular flexibility index (Phi) is 6.56. The Morgan fingerprint density at radius 3 is 2.23 bits per heavy atom. The lowest BCUT2D eigenvalue weighted by Crippen LogP contribution is -2.21. The van der Waals surface area contributed by atoms with Crippen LogP contribution in [0.25, 0.3) is 0 Å². The van der Waals surface area contributed by atoms with Crippen LogP contribution in [-0.2, 0) is 10.0 Å².